The Bertz CT molecular complexity index is 836. The average Bonchev–Trinajstić information content (AvgIpc) is 2.69. The topological polar surface area (TPSA) is 59.5 Å². The molecule has 0 saturated heterocycles. The number of pyridine rings is 1. The van der Waals surface area contributed by atoms with Gasteiger partial charge in [-0.25, -0.2) is 0 Å². The lowest BCUT2D eigenvalue weighted by Crippen LogP contribution is -2.33. The van der Waals surface area contributed by atoms with E-state index in [0.717, 1.165) is 33.5 Å². The van der Waals surface area contributed by atoms with Gasteiger partial charge in [0.05, 0.1) is 11.1 Å². The number of aromatic nitrogens is 1. The first-order valence-corrected chi connectivity index (χ1v) is 7.77. The first-order valence-electron chi connectivity index (χ1n) is 7.77. The molecule has 0 N–H and O–H groups in total. The van der Waals surface area contributed by atoms with E-state index >= 15 is 0 Å². The van der Waals surface area contributed by atoms with Crippen LogP contribution in [0.2, 0.25) is 0 Å². The summed E-state index contributed by atoms with van der Waals surface area (Å²) in [4.78, 5) is 29.4. The van der Waals surface area contributed by atoms with E-state index in [-0.39, 0.29) is 5.91 Å². The van der Waals surface area contributed by atoms with E-state index in [2.05, 4.69) is 4.98 Å². The molecule has 2 aromatic rings. The molecule has 24 heavy (non-hydrogen) atoms. The Kier molecular flexibility index (Phi) is 3.67. The van der Waals surface area contributed by atoms with E-state index in [4.69, 9.17) is 4.74 Å². The van der Waals surface area contributed by atoms with Crippen molar-refractivity contribution in [1.82, 2.24) is 4.98 Å². The number of fused-ring (bicyclic) bond motifs is 1. The van der Waals surface area contributed by atoms with E-state index in [1.165, 1.54) is 0 Å². The monoisotopic (exact) mass is 324 g/mol. The molecule has 1 aliphatic rings. The molecule has 1 aromatic carbocycles. The molecule has 0 aliphatic carbocycles. The van der Waals surface area contributed by atoms with Crippen molar-refractivity contribution in [3.63, 3.8) is 0 Å². The highest BCUT2D eigenvalue weighted by atomic mass is 16.5. The molecule has 0 spiro atoms. The van der Waals surface area contributed by atoms with Gasteiger partial charge in [0, 0.05) is 25.0 Å². The molecule has 1 amide bonds. The normalized spacial score (nSPS) is 15.4. The molecule has 0 fully saturated rings. The summed E-state index contributed by atoms with van der Waals surface area (Å²) in [5, 5.41) is 0. The van der Waals surface area contributed by atoms with Gasteiger partial charge in [0.2, 0.25) is 5.91 Å². The summed E-state index contributed by atoms with van der Waals surface area (Å²) in [5.41, 5.74) is 4.78. The summed E-state index contributed by atoms with van der Waals surface area (Å²) in [7, 11) is 1.75. The van der Waals surface area contributed by atoms with Crippen LogP contribution >= 0.6 is 0 Å². The lowest BCUT2D eigenvalue weighted by Gasteiger charge is -2.19. The maximum atomic E-state index is 12.6. The number of carbonyl (C=O) groups is 2. The maximum Gasteiger partial charge on any atom is 0.298 e. The number of likely N-dealkylation sites (N-methyl/N-ethyl adjacent to an activating group) is 1. The lowest BCUT2D eigenvalue weighted by atomic mass is 9.84. The summed E-state index contributed by atoms with van der Waals surface area (Å²) >= 11 is 0. The molecule has 5 heteroatoms. The Labute approximate surface area is 141 Å². The third-order valence-electron chi connectivity index (χ3n) is 4.70. The van der Waals surface area contributed by atoms with Crippen LogP contribution in [-0.4, -0.2) is 24.4 Å². The number of hydrogen-bond acceptors (Lipinski definition) is 4. The zero-order chi connectivity index (χ0) is 17.6. The fourth-order valence-electron chi connectivity index (χ4n) is 3.57. The second-order valence-electron chi connectivity index (χ2n) is 6.72. The standard InChI is InChI=1S/C19H20N2O3/c1-11-8-20-9-12(2)16(11)13-6-14-17(15(7-13)24-10-22)19(3,4)18(23)21(14)5/h6-10H,1-5H3. The van der Waals surface area contributed by atoms with Crippen molar-refractivity contribution in [2.24, 2.45) is 0 Å². The van der Waals surface area contributed by atoms with E-state index in [0.29, 0.717) is 12.2 Å². The van der Waals surface area contributed by atoms with Gasteiger partial charge in [0.1, 0.15) is 5.75 Å². The van der Waals surface area contributed by atoms with Crippen LogP contribution in [0.1, 0.15) is 30.5 Å². The van der Waals surface area contributed by atoms with Gasteiger partial charge in [-0.3, -0.25) is 14.6 Å². The molecule has 0 bridgehead atoms. The molecule has 0 radical (unpaired) electrons. The minimum Gasteiger partial charge on any atom is -0.428 e. The van der Waals surface area contributed by atoms with Crippen LogP contribution in [-0.2, 0) is 15.0 Å². The van der Waals surface area contributed by atoms with E-state index in [1.54, 1.807) is 24.3 Å². The molecule has 1 aliphatic heterocycles. The fraction of sp³-hybridized carbons (Fsp3) is 0.316. The van der Waals surface area contributed by atoms with Crippen LogP contribution in [0.4, 0.5) is 5.69 Å². The van der Waals surface area contributed by atoms with Gasteiger partial charge in [0.25, 0.3) is 6.47 Å². The van der Waals surface area contributed by atoms with Crippen LogP contribution in [0.3, 0.4) is 0 Å². The van der Waals surface area contributed by atoms with Crippen molar-refractivity contribution < 1.29 is 14.3 Å². The molecule has 0 atom stereocenters. The summed E-state index contributed by atoms with van der Waals surface area (Å²) in [6.45, 7) is 8.07. The smallest absolute Gasteiger partial charge is 0.298 e. The summed E-state index contributed by atoms with van der Waals surface area (Å²) in [6, 6.07) is 3.81. The highest BCUT2D eigenvalue weighted by Gasteiger charge is 2.45. The largest absolute Gasteiger partial charge is 0.428 e. The number of amides is 1. The number of carbonyl (C=O) groups excluding carboxylic acids is 2. The predicted molar refractivity (Wildman–Crippen MR) is 92.3 cm³/mol. The first-order chi connectivity index (χ1) is 11.3. The van der Waals surface area contributed by atoms with Gasteiger partial charge >= 0.3 is 0 Å². The van der Waals surface area contributed by atoms with E-state index in [9.17, 15) is 9.59 Å². The highest BCUT2D eigenvalue weighted by molar-refractivity contribution is 6.09. The van der Waals surface area contributed by atoms with Crippen LogP contribution in [0, 0.1) is 13.8 Å². The molecule has 2 heterocycles. The molecule has 1 aromatic heterocycles. The van der Waals surface area contributed by atoms with Crippen LogP contribution < -0.4 is 9.64 Å². The summed E-state index contributed by atoms with van der Waals surface area (Å²) in [5.74, 6) is 0.407. The Morgan fingerprint density at radius 2 is 1.79 bits per heavy atom. The van der Waals surface area contributed by atoms with Gasteiger partial charge in [-0.05, 0) is 62.1 Å². The van der Waals surface area contributed by atoms with E-state index < -0.39 is 5.41 Å². The molecule has 5 nitrogen and oxygen atoms in total. The quantitative estimate of drug-likeness (QED) is 0.814. The SMILES string of the molecule is Cc1cncc(C)c1-c1cc(OC=O)c2c(c1)N(C)C(=O)C2(C)C. The molecule has 0 unspecified atom stereocenters. The van der Waals surface area contributed by atoms with Crippen LogP contribution in [0.25, 0.3) is 11.1 Å². The number of ether oxygens (including phenoxy) is 1. The van der Waals surface area contributed by atoms with Gasteiger partial charge in [-0.15, -0.1) is 0 Å². The summed E-state index contributed by atoms with van der Waals surface area (Å²) < 4.78 is 5.25. The lowest BCUT2D eigenvalue weighted by molar-refractivity contribution is -0.123. The number of aryl methyl sites for hydroxylation is 2. The Balaban J connectivity index is 2.32. The van der Waals surface area contributed by atoms with Crippen molar-refractivity contribution in [1.29, 1.82) is 0 Å². The molecular formula is C19H20N2O3. The van der Waals surface area contributed by atoms with Crippen LogP contribution in [0.15, 0.2) is 24.5 Å². The van der Waals surface area contributed by atoms with Crippen LogP contribution in [0.5, 0.6) is 5.75 Å². The van der Waals surface area contributed by atoms with Gasteiger partial charge in [-0.1, -0.05) is 0 Å². The number of benzene rings is 1. The minimum absolute atomic E-state index is 0.0198. The zero-order valence-corrected chi connectivity index (χ0v) is 14.5. The Morgan fingerprint density at radius 3 is 2.38 bits per heavy atom. The fourth-order valence-corrected chi connectivity index (χ4v) is 3.57. The van der Waals surface area contributed by atoms with Gasteiger partial charge < -0.3 is 9.64 Å². The number of hydrogen-bond donors (Lipinski definition) is 0. The zero-order valence-electron chi connectivity index (χ0n) is 14.5. The maximum absolute atomic E-state index is 12.6. The number of nitrogens with zero attached hydrogens (tertiary/aromatic N) is 2. The number of anilines is 1. The molecule has 124 valence electrons. The highest BCUT2D eigenvalue weighted by Crippen LogP contribution is 2.48. The minimum atomic E-state index is -0.733. The Morgan fingerprint density at radius 1 is 1.17 bits per heavy atom. The van der Waals surface area contributed by atoms with Crippen molar-refractivity contribution in [3.05, 3.63) is 41.2 Å². The second kappa shape index (κ2) is 5.44. The first kappa shape index (κ1) is 16.2. The van der Waals surface area contributed by atoms with Crippen molar-refractivity contribution in [2.75, 3.05) is 11.9 Å². The van der Waals surface area contributed by atoms with Gasteiger partial charge in [0.15, 0.2) is 0 Å². The second-order valence-corrected chi connectivity index (χ2v) is 6.72. The van der Waals surface area contributed by atoms with Crippen molar-refractivity contribution in [3.8, 4) is 16.9 Å². The van der Waals surface area contributed by atoms with Gasteiger partial charge in [-0.2, -0.15) is 0 Å². The molecule has 0 saturated carbocycles. The van der Waals surface area contributed by atoms with Crippen molar-refractivity contribution >= 4 is 18.1 Å². The average molecular weight is 324 g/mol. The predicted octanol–water partition coefficient (Wildman–Crippen LogP) is 3.15. The molecular weight excluding hydrogens is 304 g/mol. The summed E-state index contributed by atoms with van der Waals surface area (Å²) in [6.07, 6.45) is 3.60. The third kappa shape index (κ3) is 2.19. The Hall–Kier alpha value is -2.69. The van der Waals surface area contributed by atoms with Crippen molar-refractivity contribution in [2.45, 2.75) is 33.1 Å². The number of rotatable bonds is 3. The third-order valence-corrected chi connectivity index (χ3v) is 4.70. The molecule has 3 rings (SSSR count). The van der Waals surface area contributed by atoms with E-state index in [1.807, 2.05) is 39.8 Å².